The van der Waals surface area contributed by atoms with Crippen LogP contribution in [0.25, 0.3) is 0 Å². The second-order valence-electron chi connectivity index (χ2n) is 0. The van der Waals surface area contributed by atoms with Crippen molar-refractivity contribution in [1.29, 1.82) is 0 Å². The van der Waals surface area contributed by atoms with Crippen molar-refractivity contribution < 1.29 is 102 Å². The van der Waals surface area contributed by atoms with Crippen molar-refractivity contribution in [1.82, 2.24) is 0 Å². The molecule has 0 amide bonds. The maximum Gasteiger partial charge on any atom is 2.00 e. The zero-order valence-electron chi connectivity index (χ0n) is 2.11. The van der Waals surface area contributed by atoms with Gasteiger partial charge >= 0.3 is 34.1 Å². The minimum Gasteiger partial charge on any atom is -1.00 e. The Balaban J connectivity index is 0. The Morgan fingerprint density at radius 1 is 0.333 bits per heavy atom. The summed E-state index contributed by atoms with van der Waals surface area (Å²) in [4.78, 5) is 0. The molecule has 0 aliphatic heterocycles. The average Bonchev–Trinajstić information content (AvgIpc) is 0. The molecule has 2 radical (unpaired) electrons. The van der Waals surface area contributed by atoms with Crippen molar-refractivity contribution in [3.8, 4) is 0 Å². The van der Waals surface area contributed by atoms with Crippen molar-refractivity contribution in [3.63, 3.8) is 0 Å². The summed E-state index contributed by atoms with van der Waals surface area (Å²) in [6, 6.07) is 0. The first-order valence-electron chi connectivity index (χ1n) is 0. The summed E-state index contributed by atoms with van der Waals surface area (Å²) in [5, 5.41) is 0. The van der Waals surface area contributed by atoms with Crippen LogP contribution in [0.2, 0.25) is 0 Å². The predicted molar refractivity (Wildman–Crippen MR) is 0 cm³/mol. The van der Waals surface area contributed by atoms with E-state index >= 15 is 0 Å². The van der Waals surface area contributed by atoms with E-state index in [1.807, 2.05) is 0 Å². The van der Waals surface area contributed by atoms with Crippen molar-refractivity contribution in [2.75, 3.05) is 0 Å². The molecule has 0 heterocycles. The monoisotopic (exact) mass is 442 g/mol. The second kappa shape index (κ2) is 44.0. The van der Waals surface area contributed by atoms with E-state index in [2.05, 4.69) is 0 Å². The fourth-order valence-electron chi connectivity index (χ4n) is 0. The topological polar surface area (TPSA) is 0 Å². The van der Waals surface area contributed by atoms with Gasteiger partial charge in [-0.3, -0.25) is 0 Å². The molecule has 0 rings (SSSR count). The first-order valence-corrected chi connectivity index (χ1v) is 0. The molecule has 0 unspecified atom stereocenters. The van der Waals surface area contributed by atoms with Gasteiger partial charge in [0.05, 0.1) is 0 Å². The van der Waals surface area contributed by atoms with Crippen molar-refractivity contribution in [3.05, 3.63) is 0 Å². The van der Waals surface area contributed by atoms with Crippen molar-refractivity contribution >= 4 is 0 Å². The molecular formula is Br4Cu2. The van der Waals surface area contributed by atoms with E-state index in [4.69, 9.17) is 0 Å². The molecule has 0 spiro atoms. The fourth-order valence-corrected chi connectivity index (χ4v) is 0. The molecule has 0 aromatic rings. The SMILES string of the molecule is [Br-].[Br-].[Br-].[Br-].[Cu+2].[Cu+2]. The molecule has 0 N–H and O–H groups in total. The summed E-state index contributed by atoms with van der Waals surface area (Å²) in [5.74, 6) is 0. The number of rotatable bonds is 0. The third-order valence-corrected chi connectivity index (χ3v) is 0. The van der Waals surface area contributed by atoms with E-state index in [1.165, 1.54) is 0 Å². The molecule has 0 nitrogen and oxygen atoms in total. The molecule has 6 heavy (non-hydrogen) atoms. The van der Waals surface area contributed by atoms with Gasteiger partial charge in [-0.1, -0.05) is 0 Å². The molecule has 0 bridgehead atoms. The Labute approximate surface area is 101 Å². The molecule has 0 saturated heterocycles. The van der Waals surface area contributed by atoms with E-state index < -0.39 is 0 Å². The number of halogens is 4. The largest absolute Gasteiger partial charge is 2.00 e. The van der Waals surface area contributed by atoms with Crippen LogP contribution in [0, 0.1) is 0 Å². The zero-order valence-corrected chi connectivity index (χ0v) is 10.3. The molecule has 0 aromatic carbocycles. The van der Waals surface area contributed by atoms with E-state index in [1.54, 1.807) is 0 Å². The minimum atomic E-state index is 0. The quantitative estimate of drug-likeness (QED) is 0.324. The fraction of sp³-hybridized carbons (Fsp3) is 0. The van der Waals surface area contributed by atoms with Gasteiger partial charge in [0.25, 0.3) is 0 Å². The van der Waals surface area contributed by atoms with Gasteiger partial charge in [0.15, 0.2) is 0 Å². The Morgan fingerprint density at radius 3 is 0.333 bits per heavy atom. The van der Waals surface area contributed by atoms with E-state index in [0.29, 0.717) is 0 Å². The molecule has 0 saturated carbocycles. The number of hydrogen-bond donors (Lipinski definition) is 0. The van der Waals surface area contributed by atoms with Crippen LogP contribution in [-0.4, -0.2) is 0 Å². The van der Waals surface area contributed by atoms with Gasteiger partial charge in [0.1, 0.15) is 0 Å². The van der Waals surface area contributed by atoms with Crippen LogP contribution < -0.4 is 67.9 Å². The summed E-state index contributed by atoms with van der Waals surface area (Å²) in [6.07, 6.45) is 0. The van der Waals surface area contributed by atoms with Crippen LogP contribution in [0.15, 0.2) is 0 Å². The van der Waals surface area contributed by atoms with Gasteiger partial charge in [0, 0.05) is 0 Å². The predicted octanol–water partition coefficient (Wildman–Crippen LogP) is -12.0. The summed E-state index contributed by atoms with van der Waals surface area (Å²) >= 11 is 0. The maximum absolute atomic E-state index is 0. The van der Waals surface area contributed by atoms with Gasteiger partial charge in [-0.05, 0) is 0 Å². The summed E-state index contributed by atoms with van der Waals surface area (Å²) in [7, 11) is 0. The average molecular weight is 447 g/mol. The normalized spacial score (nSPS) is 0. The van der Waals surface area contributed by atoms with Gasteiger partial charge in [-0.15, -0.1) is 0 Å². The molecular weight excluding hydrogens is 447 g/mol. The van der Waals surface area contributed by atoms with Crippen LogP contribution in [0.3, 0.4) is 0 Å². The van der Waals surface area contributed by atoms with Crippen LogP contribution >= 0.6 is 0 Å². The Morgan fingerprint density at radius 2 is 0.333 bits per heavy atom. The second-order valence-corrected chi connectivity index (χ2v) is 0. The summed E-state index contributed by atoms with van der Waals surface area (Å²) in [5.41, 5.74) is 0. The van der Waals surface area contributed by atoms with Gasteiger partial charge in [0.2, 0.25) is 0 Å². The Kier molecular flexibility index (Phi) is 476. The molecule has 0 aliphatic carbocycles. The van der Waals surface area contributed by atoms with Crippen molar-refractivity contribution in [2.45, 2.75) is 0 Å². The third kappa shape index (κ3) is 28.2. The summed E-state index contributed by atoms with van der Waals surface area (Å²) in [6.45, 7) is 0. The minimum absolute atomic E-state index is 0. The Hall–Kier alpha value is 2.96. The van der Waals surface area contributed by atoms with Crippen LogP contribution in [0.1, 0.15) is 0 Å². The Bertz CT molecular complexity index is 5.51. The standard InChI is InChI=1S/4BrH.2Cu/h4*1H;;/q;;;;2*+2/p-4. The molecule has 50 valence electrons. The third-order valence-electron chi connectivity index (χ3n) is 0. The zero-order chi connectivity index (χ0) is 0. The summed E-state index contributed by atoms with van der Waals surface area (Å²) < 4.78 is 0. The maximum atomic E-state index is 0. The van der Waals surface area contributed by atoms with Crippen molar-refractivity contribution in [2.24, 2.45) is 0 Å². The smallest absolute Gasteiger partial charge is 1.00 e. The number of hydrogen-bond acceptors (Lipinski definition) is 0. The molecule has 0 fully saturated rings. The molecule has 0 aromatic heterocycles. The van der Waals surface area contributed by atoms with Gasteiger partial charge in [-0.2, -0.15) is 0 Å². The first kappa shape index (κ1) is 64.8. The molecule has 0 aliphatic rings. The van der Waals surface area contributed by atoms with Gasteiger partial charge < -0.3 is 67.9 Å². The van der Waals surface area contributed by atoms with E-state index in [0.717, 1.165) is 0 Å². The van der Waals surface area contributed by atoms with E-state index in [9.17, 15) is 0 Å². The first-order chi connectivity index (χ1) is 0. The molecule has 6 heteroatoms. The van der Waals surface area contributed by atoms with Crippen LogP contribution in [0.4, 0.5) is 0 Å². The molecule has 0 atom stereocenters. The van der Waals surface area contributed by atoms with Crippen LogP contribution in [-0.2, 0) is 34.1 Å². The van der Waals surface area contributed by atoms with E-state index in [-0.39, 0.29) is 102 Å². The van der Waals surface area contributed by atoms with Gasteiger partial charge in [-0.25, -0.2) is 0 Å². The van der Waals surface area contributed by atoms with Crippen LogP contribution in [0.5, 0.6) is 0 Å².